The average Bonchev–Trinajstić information content (AvgIpc) is 3.28. The lowest BCUT2D eigenvalue weighted by Gasteiger charge is -2.05. The Morgan fingerprint density at radius 3 is 2.33 bits per heavy atom. The molecule has 1 amide bonds. The standard InChI is InChI=1S/C23H16N4O2S/c28-21-19(17-13-7-8-14-18(17)24-21)20-22(29)27(16-11-5-2-6-12-16)23(30-20)26-25-15-9-3-1-4-10-15/h1-14,25,29H/b26-23-. The van der Waals surface area contributed by atoms with Crippen molar-refractivity contribution in [2.45, 2.75) is 0 Å². The van der Waals surface area contributed by atoms with E-state index in [2.05, 4.69) is 15.5 Å². The summed E-state index contributed by atoms with van der Waals surface area (Å²) in [5, 5.41) is 17.0. The molecule has 6 nitrogen and oxygen atoms in total. The number of hydrogen-bond acceptors (Lipinski definition) is 5. The van der Waals surface area contributed by atoms with Gasteiger partial charge in [-0.1, -0.05) is 65.9 Å². The van der Waals surface area contributed by atoms with E-state index in [1.54, 1.807) is 10.6 Å². The number of hydrogen-bond donors (Lipinski definition) is 2. The summed E-state index contributed by atoms with van der Waals surface area (Å²) in [6.45, 7) is 0. The fourth-order valence-electron chi connectivity index (χ4n) is 3.33. The molecule has 1 aliphatic rings. The van der Waals surface area contributed by atoms with Gasteiger partial charge < -0.3 is 5.11 Å². The van der Waals surface area contributed by atoms with E-state index in [1.807, 2.05) is 78.9 Å². The second-order valence-electron chi connectivity index (χ2n) is 6.61. The molecular formula is C23H16N4O2S. The number of nitrogens with one attached hydrogen (secondary N) is 1. The van der Waals surface area contributed by atoms with Crippen molar-refractivity contribution in [2.75, 3.05) is 5.43 Å². The molecule has 2 heterocycles. The fraction of sp³-hybridized carbons (Fsp3) is 0. The fourth-order valence-corrected chi connectivity index (χ4v) is 4.37. The zero-order valence-electron chi connectivity index (χ0n) is 15.7. The molecule has 1 aromatic heterocycles. The van der Waals surface area contributed by atoms with Gasteiger partial charge in [-0.3, -0.25) is 14.8 Å². The number of fused-ring (bicyclic) bond motifs is 1. The van der Waals surface area contributed by atoms with E-state index >= 15 is 0 Å². The first-order valence-electron chi connectivity index (χ1n) is 9.30. The van der Waals surface area contributed by atoms with Crippen molar-refractivity contribution in [3.8, 4) is 11.6 Å². The van der Waals surface area contributed by atoms with E-state index in [4.69, 9.17) is 0 Å². The van der Waals surface area contributed by atoms with Gasteiger partial charge >= 0.3 is 0 Å². The zero-order chi connectivity index (χ0) is 20.5. The van der Waals surface area contributed by atoms with Crippen LogP contribution in [0.25, 0.3) is 11.3 Å². The molecule has 0 bridgehead atoms. The normalized spacial score (nSPS) is 13.3. The maximum atomic E-state index is 12.7. The number of amides is 1. The number of carbonyl (C=O) groups excluding carboxylic acids is 1. The molecule has 0 unspecified atom stereocenters. The number of nitrogens with zero attached hydrogens (tertiary/aromatic N) is 3. The molecule has 4 aromatic rings. The predicted molar refractivity (Wildman–Crippen MR) is 116 cm³/mol. The first-order chi connectivity index (χ1) is 14.7. The van der Waals surface area contributed by atoms with Crippen LogP contribution in [-0.2, 0) is 4.79 Å². The first-order valence-corrected chi connectivity index (χ1v) is 10.1. The van der Waals surface area contributed by atoms with Crippen molar-refractivity contribution in [2.24, 2.45) is 10.1 Å². The third-order valence-corrected chi connectivity index (χ3v) is 5.75. The van der Waals surface area contributed by atoms with Gasteiger partial charge in [-0.25, -0.2) is 4.99 Å². The smallest absolute Gasteiger partial charge is 0.279 e. The van der Waals surface area contributed by atoms with Crippen LogP contribution in [0, 0.1) is 0 Å². The highest BCUT2D eigenvalue weighted by Crippen LogP contribution is 2.30. The maximum Gasteiger partial charge on any atom is 0.279 e. The van der Waals surface area contributed by atoms with Crippen molar-refractivity contribution >= 4 is 28.5 Å². The Balaban J connectivity index is 1.75. The van der Waals surface area contributed by atoms with Crippen LogP contribution in [0.3, 0.4) is 0 Å². The van der Waals surface area contributed by atoms with E-state index < -0.39 is 0 Å². The molecule has 0 radical (unpaired) electrons. The van der Waals surface area contributed by atoms with Crippen LogP contribution < -0.4 is 20.8 Å². The van der Waals surface area contributed by atoms with Gasteiger partial charge in [-0.15, -0.1) is 5.10 Å². The summed E-state index contributed by atoms with van der Waals surface area (Å²) >= 11 is 1.23. The maximum absolute atomic E-state index is 12.7. The highest BCUT2D eigenvalue weighted by Gasteiger charge is 2.26. The number of carbonyl (C=O) groups is 1. The number of aromatic hydroxyl groups is 1. The minimum Gasteiger partial charge on any atom is -0.493 e. The number of rotatable bonds is 4. The number of aromatic nitrogens is 1. The largest absolute Gasteiger partial charge is 0.493 e. The van der Waals surface area contributed by atoms with Gasteiger partial charge in [-0.2, -0.15) is 0 Å². The molecule has 5 rings (SSSR count). The van der Waals surface area contributed by atoms with Gasteiger partial charge in [0.15, 0.2) is 0 Å². The second kappa shape index (κ2) is 7.46. The lowest BCUT2D eigenvalue weighted by Crippen LogP contribution is -2.22. The molecule has 1 aliphatic heterocycles. The number of anilines is 1. The van der Waals surface area contributed by atoms with Gasteiger partial charge in [0, 0.05) is 5.22 Å². The van der Waals surface area contributed by atoms with E-state index in [0.29, 0.717) is 25.8 Å². The topological polar surface area (TPSA) is 79.0 Å². The minimum absolute atomic E-state index is 0.0462. The summed E-state index contributed by atoms with van der Waals surface area (Å²) in [6.07, 6.45) is 0. The summed E-state index contributed by atoms with van der Waals surface area (Å²) in [4.78, 5) is 17.7. The summed E-state index contributed by atoms with van der Waals surface area (Å²) in [5.74, 6) is -0.411. The number of benzene rings is 3. The predicted octanol–water partition coefficient (Wildman–Crippen LogP) is 2.53. The lowest BCUT2D eigenvalue weighted by atomic mass is 10.1. The molecule has 2 N–H and O–H groups in total. The monoisotopic (exact) mass is 412 g/mol. The first kappa shape index (κ1) is 18.1. The highest BCUT2D eigenvalue weighted by molar-refractivity contribution is 7.11. The molecule has 30 heavy (non-hydrogen) atoms. The van der Waals surface area contributed by atoms with Crippen molar-refractivity contribution in [3.63, 3.8) is 0 Å². The molecule has 0 saturated heterocycles. The summed E-state index contributed by atoms with van der Waals surface area (Å²) in [7, 11) is 0. The van der Waals surface area contributed by atoms with Gasteiger partial charge in [0.1, 0.15) is 4.88 Å². The van der Waals surface area contributed by atoms with Crippen molar-refractivity contribution in [3.05, 3.63) is 105 Å². The SMILES string of the molecule is O=C1N=c2ccccc2=C1c1s/c(=N\Nc2ccccc2)n(-c2ccccc2)c1O. The van der Waals surface area contributed by atoms with Crippen LogP contribution in [0.2, 0.25) is 0 Å². The zero-order valence-corrected chi connectivity index (χ0v) is 16.5. The van der Waals surface area contributed by atoms with Crippen molar-refractivity contribution in [1.82, 2.24) is 4.57 Å². The molecule has 0 saturated carbocycles. The van der Waals surface area contributed by atoms with Gasteiger partial charge in [0.25, 0.3) is 5.91 Å². The van der Waals surface area contributed by atoms with Crippen LogP contribution in [0.1, 0.15) is 4.88 Å². The molecular weight excluding hydrogens is 396 g/mol. The summed E-state index contributed by atoms with van der Waals surface area (Å²) < 4.78 is 1.62. The molecule has 0 aliphatic carbocycles. The van der Waals surface area contributed by atoms with Gasteiger partial charge in [0.05, 0.1) is 22.3 Å². The van der Waals surface area contributed by atoms with E-state index in [-0.39, 0.29) is 11.8 Å². The van der Waals surface area contributed by atoms with Crippen LogP contribution in [0.5, 0.6) is 5.88 Å². The van der Waals surface area contributed by atoms with E-state index in [0.717, 1.165) is 11.4 Å². The Labute approximate surface area is 175 Å². The van der Waals surface area contributed by atoms with Crippen LogP contribution in [-0.4, -0.2) is 15.6 Å². The van der Waals surface area contributed by atoms with Crippen LogP contribution >= 0.6 is 11.3 Å². The third-order valence-electron chi connectivity index (χ3n) is 4.70. The molecule has 0 atom stereocenters. The number of thiazole rings is 1. The third kappa shape index (κ3) is 3.11. The molecule has 0 fully saturated rings. The van der Waals surface area contributed by atoms with E-state index in [1.165, 1.54) is 11.3 Å². The summed E-state index contributed by atoms with van der Waals surface area (Å²) in [6, 6.07) is 26.3. The second-order valence-corrected chi connectivity index (χ2v) is 7.58. The van der Waals surface area contributed by atoms with Crippen LogP contribution in [0.15, 0.2) is 95.0 Å². The number of para-hydroxylation sites is 3. The lowest BCUT2D eigenvalue weighted by molar-refractivity contribution is -0.112. The molecule has 7 heteroatoms. The van der Waals surface area contributed by atoms with Gasteiger partial charge in [-0.05, 0) is 30.3 Å². The molecule has 3 aromatic carbocycles. The van der Waals surface area contributed by atoms with Gasteiger partial charge in [0.2, 0.25) is 10.7 Å². The van der Waals surface area contributed by atoms with E-state index in [9.17, 15) is 9.90 Å². The Kier molecular flexibility index (Phi) is 4.49. The Bertz CT molecular complexity index is 1440. The quantitative estimate of drug-likeness (QED) is 0.506. The summed E-state index contributed by atoms with van der Waals surface area (Å²) in [5.41, 5.74) is 4.96. The minimum atomic E-state index is -0.365. The highest BCUT2D eigenvalue weighted by atomic mass is 32.1. The Morgan fingerprint density at radius 1 is 0.900 bits per heavy atom. The van der Waals surface area contributed by atoms with Crippen molar-refractivity contribution < 1.29 is 9.90 Å². The van der Waals surface area contributed by atoms with Crippen molar-refractivity contribution in [1.29, 1.82) is 0 Å². The molecule has 0 spiro atoms. The van der Waals surface area contributed by atoms with Crippen LogP contribution in [0.4, 0.5) is 5.69 Å². The average molecular weight is 412 g/mol. The molecule has 146 valence electrons. The Hall–Kier alpha value is -3.97. The Morgan fingerprint density at radius 2 is 1.57 bits per heavy atom.